The van der Waals surface area contributed by atoms with Gasteiger partial charge < -0.3 is 15.8 Å². The molecule has 1 aromatic rings. The van der Waals surface area contributed by atoms with Crippen molar-refractivity contribution in [1.29, 1.82) is 0 Å². The molecule has 1 aromatic heterocycles. The molecule has 1 unspecified atom stereocenters. The standard InChI is InChI=1S/C12H16ClN3O2/c1-12(5-2-6-18-12)7-15-11(17)10-8(13)3-4-9(14)16-10/h3-4H,2,5-7H2,1H3,(H2,14,16)(H,15,17). The van der Waals surface area contributed by atoms with E-state index < -0.39 is 0 Å². The molecule has 2 heterocycles. The third kappa shape index (κ3) is 2.91. The predicted molar refractivity (Wildman–Crippen MR) is 69.6 cm³/mol. The number of carbonyl (C=O) groups is 1. The minimum Gasteiger partial charge on any atom is -0.384 e. The van der Waals surface area contributed by atoms with Crippen molar-refractivity contribution >= 4 is 23.3 Å². The lowest BCUT2D eigenvalue weighted by molar-refractivity contribution is 0.0205. The second-order valence-electron chi connectivity index (χ2n) is 4.65. The molecule has 0 aliphatic carbocycles. The Hall–Kier alpha value is -1.33. The van der Waals surface area contributed by atoms with E-state index in [1.165, 1.54) is 0 Å². The largest absolute Gasteiger partial charge is 0.384 e. The molecule has 1 saturated heterocycles. The molecule has 98 valence electrons. The van der Waals surface area contributed by atoms with Crippen LogP contribution in [-0.2, 0) is 4.74 Å². The number of nitrogens with two attached hydrogens (primary N) is 1. The third-order valence-electron chi connectivity index (χ3n) is 3.01. The minimum absolute atomic E-state index is 0.151. The molecule has 1 amide bonds. The van der Waals surface area contributed by atoms with Crippen molar-refractivity contribution in [3.63, 3.8) is 0 Å². The van der Waals surface area contributed by atoms with Crippen LogP contribution in [0.3, 0.4) is 0 Å². The Morgan fingerprint density at radius 2 is 2.44 bits per heavy atom. The summed E-state index contributed by atoms with van der Waals surface area (Å²) in [7, 11) is 0. The number of pyridine rings is 1. The first-order valence-corrected chi connectivity index (χ1v) is 6.22. The highest BCUT2D eigenvalue weighted by molar-refractivity contribution is 6.33. The van der Waals surface area contributed by atoms with Crippen LogP contribution in [-0.4, -0.2) is 29.6 Å². The van der Waals surface area contributed by atoms with Crippen LogP contribution in [0.25, 0.3) is 0 Å². The van der Waals surface area contributed by atoms with Crippen LogP contribution < -0.4 is 11.1 Å². The van der Waals surface area contributed by atoms with Gasteiger partial charge in [-0.2, -0.15) is 0 Å². The van der Waals surface area contributed by atoms with E-state index in [0.29, 0.717) is 11.6 Å². The average molecular weight is 270 g/mol. The summed E-state index contributed by atoms with van der Waals surface area (Å²) >= 11 is 5.91. The number of hydrogen-bond acceptors (Lipinski definition) is 4. The van der Waals surface area contributed by atoms with Crippen LogP contribution in [0.2, 0.25) is 5.02 Å². The van der Waals surface area contributed by atoms with Crippen molar-refractivity contribution in [1.82, 2.24) is 10.3 Å². The number of anilines is 1. The van der Waals surface area contributed by atoms with Gasteiger partial charge in [0.05, 0.1) is 10.6 Å². The second-order valence-corrected chi connectivity index (χ2v) is 5.06. The summed E-state index contributed by atoms with van der Waals surface area (Å²) in [6.45, 7) is 3.16. The smallest absolute Gasteiger partial charge is 0.271 e. The number of halogens is 1. The van der Waals surface area contributed by atoms with Gasteiger partial charge in [-0.3, -0.25) is 4.79 Å². The van der Waals surface area contributed by atoms with Crippen molar-refractivity contribution < 1.29 is 9.53 Å². The Balaban J connectivity index is 2.01. The summed E-state index contributed by atoms with van der Waals surface area (Å²) in [4.78, 5) is 15.9. The molecule has 1 aliphatic heterocycles. The van der Waals surface area contributed by atoms with Crippen molar-refractivity contribution in [2.45, 2.75) is 25.4 Å². The van der Waals surface area contributed by atoms with Crippen LogP contribution >= 0.6 is 11.6 Å². The number of carbonyl (C=O) groups excluding carboxylic acids is 1. The van der Waals surface area contributed by atoms with E-state index in [-0.39, 0.29) is 23.0 Å². The summed E-state index contributed by atoms with van der Waals surface area (Å²) in [5.74, 6) is -0.0584. The molecule has 0 saturated carbocycles. The van der Waals surface area contributed by atoms with E-state index in [2.05, 4.69) is 10.3 Å². The summed E-state index contributed by atoms with van der Waals surface area (Å²) in [6, 6.07) is 3.12. The van der Waals surface area contributed by atoms with E-state index in [1.54, 1.807) is 12.1 Å². The third-order valence-corrected chi connectivity index (χ3v) is 3.31. The van der Waals surface area contributed by atoms with Gasteiger partial charge in [-0.1, -0.05) is 11.6 Å². The van der Waals surface area contributed by atoms with Gasteiger partial charge >= 0.3 is 0 Å². The summed E-state index contributed by atoms with van der Waals surface area (Å²) < 4.78 is 5.59. The lowest BCUT2D eigenvalue weighted by Gasteiger charge is -2.23. The molecule has 3 N–H and O–H groups in total. The SMILES string of the molecule is CC1(CNC(=O)c2nc(N)ccc2Cl)CCCO1. The predicted octanol–water partition coefficient (Wildman–Crippen LogP) is 1.62. The molecular formula is C12H16ClN3O2. The second kappa shape index (κ2) is 5.12. The summed E-state index contributed by atoms with van der Waals surface area (Å²) in [5.41, 5.74) is 5.40. The van der Waals surface area contributed by atoms with Gasteiger partial charge in [-0.25, -0.2) is 4.98 Å². The van der Waals surface area contributed by atoms with Crippen molar-refractivity contribution in [3.8, 4) is 0 Å². The molecular weight excluding hydrogens is 254 g/mol. The summed E-state index contributed by atoms with van der Waals surface area (Å²) in [5, 5.41) is 3.07. The Morgan fingerprint density at radius 3 is 3.11 bits per heavy atom. The number of nitrogens with one attached hydrogen (secondary N) is 1. The molecule has 18 heavy (non-hydrogen) atoms. The van der Waals surface area contributed by atoms with E-state index in [0.717, 1.165) is 19.4 Å². The molecule has 5 nitrogen and oxygen atoms in total. The minimum atomic E-state index is -0.330. The lowest BCUT2D eigenvalue weighted by Crippen LogP contribution is -2.40. The van der Waals surface area contributed by atoms with Gasteiger partial charge in [0, 0.05) is 13.2 Å². The monoisotopic (exact) mass is 269 g/mol. The Bertz CT molecular complexity index is 459. The number of nitrogens with zero attached hydrogens (tertiary/aromatic N) is 1. The maximum Gasteiger partial charge on any atom is 0.271 e. The van der Waals surface area contributed by atoms with E-state index in [1.807, 2.05) is 6.92 Å². The van der Waals surface area contributed by atoms with Gasteiger partial charge in [0.25, 0.3) is 5.91 Å². The topological polar surface area (TPSA) is 77.2 Å². The van der Waals surface area contributed by atoms with Gasteiger partial charge in [-0.15, -0.1) is 0 Å². The van der Waals surface area contributed by atoms with Crippen LogP contribution in [0.5, 0.6) is 0 Å². The highest BCUT2D eigenvalue weighted by atomic mass is 35.5. The zero-order valence-corrected chi connectivity index (χ0v) is 11.0. The maximum atomic E-state index is 11.9. The Kier molecular flexibility index (Phi) is 3.73. The fourth-order valence-corrected chi connectivity index (χ4v) is 2.13. The van der Waals surface area contributed by atoms with Crippen molar-refractivity contribution in [2.75, 3.05) is 18.9 Å². The van der Waals surface area contributed by atoms with Gasteiger partial charge in [0.15, 0.2) is 0 Å². The van der Waals surface area contributed by atoms with Crippen LogP contribution in [0.1, 0.15) is 30.3 Å². The fraction of sp³-hybridized carbons (Fsp3) is 0.500. The van der Waals surface area contributed by atoms with Crippen molar-refractivity contribution in [2.24, 2.45) is 0 Å². The molecule has 0 aromatic carbocycles. The van der Waals surface area contributed by atoms with E-state index in [9.17, 15) is 4.79 Å². The first-order chi connectivity index (χ1) is 8.50. The first-order valence-electron chi connectivity index (χ1n) is 5.84. The van der Waals surface area contributed by atoms with Gasteiger partial charge in [-0.05, 0) is 31.9 Å². The highest BCUT2D eigenvalue weighted by Crippen LogP contribution is 2.24. The molecule has 6 heteroatoms. The first kappa shape index (κ1) is 13.1. The molecule has 1 aliphatic rings. The lowest BCUT2D eigenvalue weighted by atomic mass is 10.0. The molecule has 0 spiro atoms. The molecule has 0 bridgehead atoms. The van der Waals surface area contributed by atoms with E-state index in [4.69, 9.17) is 22.1 Å². The molecule has 0 radical (unpaired) electrons. The number of hydrogen-bond donors (Lipinski definition) is 2. The van der Waals surface area contributed by atoms with Crippen LogP contribution in [0.15, 0.2) is 12.1 Å². The van der Waals surface area contributed by atoms with Crippen LogP contribution in [0.4, 0.5) is 5.82 Å². The Morgan fingerprint density at radius 1 is 1.67 bits per heavy atom. The molecule has 1 atom stereocenters. The van der Waals surface area contributed by atoms with Crippen LogP contribution in [0, 0.1) is 0 Å². The normalized spacial score (nSPS) is 23.0. The Labute approximate surface area is 111 Å². The zero-order valence-electron chi connectivity index (χ0n) is 10.2. The van der Waals surface area contributed by atoms with Gasteiger partial charge in [0.1, 0.15) is 11.5 Å². The zero-order chi connectivity index (χ0) is 13.2. The number of ether oxygens (including phenoxy) is 1. The number of nitrogen functional groups attached to an aromatic ring is 1. The quantitative estimate of drug-likeness (QED) is 0.874. The van der Waals surface area contributed by atoms with Gasteiger partial charge in [0.2, 0.25) is 0 Å². The number of amides is 1. The fourth-order valence-electron chi connectivity index (χ4n) is 1.94. The van der Waals surface area contributed by atoms with Crippen molar-refractivity contribution in [3.05, 3.63) is 22.8 Å². The van der Waals surface area contributed by atoms with E-state index >= 15 is 0 Å². The average Bonchev–Trinajstić information content (AvgIpc) is 2.77. The number of aromatic nitrogens is 1. The maximum absolute atomic E-state index is 11.9. The molecule has 2 rings (SSSR count). The summed E-state index contributed by atoms with van der Waals surface area (Å²) in [6.07, 6.45) is 1.95. The highest BCUT2D eigenvalue weighted by Gasteiger charge is 2.30. The number of rotatable bonds is 3. The molecule has 1 fully saturated rings.